The number of rotatable bonds is 8. The summed E-state index contributed by atoms with van der Waals surface area (Å²) >= 11 is 3.44. The monoisotopic (exact) mass is 329 g/mol. The van der Waals surface area contributed by atoms with E-state index in [9.17, 15) is 4.79 Å². The van der Waals surface area contributed by atoms with Gasteiger partial charge in [-0.25, -0.2) is 4.79 Å². The second-order valence-corrected chi connectivity index (χ2v) is 4.85. The molecule has 5 heteroatoms. The van der Waals surface area contributed by atoms with Crippen molar-refractivity contribution in [2.45, 2.75) is 26.8 Å². The number of carbonyl (C=O) groups is 1. The molecule has 0 amide bonds. The molecule has 0 bridgehead atoms. The predicted molar refractivity (Wildman–Crippen MR) is 78.3 cm³/mol. The van der Waals surface area contributed by atoms with E-state index in [4.69, 9.17) is 9.47 Å². The van der Waals surface area contributed by atoms with Crippen LogP contribution in [0.15, 0.2) is 22.7 Å². The summed E-state index contributed by atoms with van der Waals surface area (Å²) in [6.07, 6.45) is 1.08. The lowest BCUT2D eigenvalue weighted by Gasteiger charge is -2.13. The van der Waals surface area contributed by atoms with E-state index >= 15 is 0 Å². The van der Waals surface area contributed by atoms with Crippen molar-refractivity contribution >= 4 is 21.9 Å². The fourth-order valence-electron chi connectivity index (χ4n) is 1.59. The van der Waals surface area contributed by atoms with Crippen LogP contribution in [-0.2, 0) is 16.1 Å². The molecular formula is C14H20BrNO3. The van der Waals surface area contributed by atoms with E-state index in [-0.39, 0.29) is 12.6 Å². The Morgan fingerprint density at radius 2 is 2.16 bits per heavy atom. The van der Waals surface area contributed by atoms with Crippen molar-refractivity contribution in [1.82, 2.24) is 5.32 Å². The highest BCUT2D eigenvalue weighted by molar-refractivity contribution is 9.10. The molecule has 106 valence electrons. The Balaban J connectivity index is 2.66. The highest BCUT2D eigenvalue weighted by Crippen LogP contribution is 2.29. The molecule has 19 heavy (non-hydrogen) atoms. The molecule has 4 nitrogen and oxygen atoms in total. The Labute approximate surface area is 122 Å². The summed E-state index contributed by atoms with van der Waals surface area (Å²) in [5.74, 6) is 0.338. The number of nitrogens with one attached hydrogen (secondary N) is 1. The van der Waals surface area contributed by atoms with Gasteiger partial charge in [-0.1, -0.05) is 19.1 Å². The number of benzene rings is 1. The zero-order valence-corrected chi connectivity index (χ0v) is 13.0. The Hall–Kier alpha value is -1.07. The first-order valence-corrected chi connectivity index (χ1v) is 7.24. The van der Waals surface area contributed by atoms with Crippen LogP contribution in [0.3, 0.4) is 0 Å². The van der Waals surface area contributed by atoms with Crippen LogP contribution in [0.25, 0.3) is 0 Å². The standard InChI is InChI=1S/C14H20BrNO3/c1-3-8-16-9-11-6-5-7-12(15)14(11)19-10-13(17)18-4-2/h5-7,16H,3-4,8-10H2,1-2H3. The van der Waals surface area contributed by atoms with Gasteiger partial charge in [0.15, 0.2) is 6.61 Å². The van der Waals surface area contributed by atoms with Crippen LogP contribution in [0.5, 0.6) is 5.75 Å². The third kappa shape index (κ3) is 5.61. The van der Waals surface area contributed by atoms with Gasteiger partial charge in [-0.15, -0.1) is 0 Å². The van der Waals surface area contributed by atoms with Crippen molar-refractivity contribution < 1.29 is 14.3 Å². The van der Waals surface area contributed by atoms with Crippen LogP contribution in [-0.4, -0.2) is 25.7 Å². The van der Waals surface area contributed by atoms with Crippen LogP contribution in [0, 0.1) is 0 Å². The molecule has 0 fully saturated rings. The summed E-state index contributed by atoms with van der Waals surface area (Å²) < 4.78 is 11.2. The van der Waals surface area contributed by atoms with Crippen molar-refractivity contribution in [3.63, 3.8) is 0 Å². The zero-order chi connectivity index (χ0) is 14.1. The van der Waals surface area contributed by atoms with Crippen molar-refractivity contribution in [1.29, 1.82) is 0 Å². The lowest BCUT2D eigenvalue weighted by atomic mass is 10.2. The number of esters is 1. The number of ether oxygens (including phenoxy) is 2. The molecule has 0 unspecified atom stereocenters. The molecule has 1 rings (SSSR count). The summed E-state index contributed by atoms with van der Waals surface area (Å²) in [7, 11) is 0. The Kier molecular flexibility index (Phi) is 7.52. The lowest BCUT2D eigenvalue weighted by Crippen LogP contribution is -2.18. The van der Waals surface area contributed by atoms with Crippen LogP contribution in [0.1, 0.15) is 25.8 Å². The molecular weight excluding hydrogens is 310 g/mol. The Bertz CT molecular complexity index is 410. The van der Waals surface area contributed by atoms with Crippen molar-refractivity contribution in [2.75, 3.05) is 19.8 Å². The molecule has 0 spiro atoms. The van der Waals surface area contributed by atoms with Gasteiger partial charge in [0.1, 0.15) is 5.75 Å². The largest absolute Gasteiger partial charge is 0.480 e. The number of carbonyl (C=O) groups excluding carboxylic acids is 1. The van der Waals surface area contributed by atoms with E-state index < -0.39 is 0 Å². The van der Waals surface area contributed by atoms with Crippen molar-refractivity contribution in [2.24, 2.45) is 0 Å². The minimum Gasteiger partial charge on any atom is -0.480 e. The predicted octanol–water partition coefficient (Wildman–Crippen LogP) is 2.89. The Morgan fingerprint density at radius 3 is 2.84 bits per heavy atom. The minimum absolute atomic E-state index is 0.0722. The van der Waals surface area contributed by atoms with Crippen LogP contribution >= 0.6 is 15.9 Å². The van der Waals surface area contributed by atoms with Gasteiger partial charge in [-0.2, -0.15) is 0 Å². The molecule has 0 heterocycles. The minimum atomic E-state index is -0.356. The topological polar surface area (TPSA) is 47.6 Å². The molecule has 0 aliphatic rings. The average molecular weight is 330 g/mol. The second-order valence-electron chi connectivity index (χ2n) is 4.00. The smallest absolute Gasteiger partial charge is 0.344 e. The highest BCUT2D eigenvalue weighted by atomic mass is 79.9. The maximum atomic E-state index is 11.3. The summed E-state index contributed by atoms with van der Waals surface area (Å²) in [5, 5.41) is 3.31. The second kappa shape index (κ2) is 8.93. The molecule has 0 radical (unpaired) electrons. The van der Waals surface area contributed by atoms with Gasteiger partial charge >= 0.3 is 5.97 Å². The van der Waals surface area contributed by atoms with E-state index in [2.05, 4.69) is 28.2 Å². The molecule has 1 aromatic carbocycles. The molecule has 0 saturated heterocycles. The van der Waals surface area contributed by atoms with Crippen LogP contribution in [0.4, 0.5) is 0 Å². The van der Waals surface area contributed by atoms with Gasteiger partial charge in [0.05, 0.1) is 11.1 Å². The van der Waals surface area contributed by atoms with Gasteiger partial charge in [0, 0.05) is 12.1 Å². The fourth-order valence-corrected chi connectivity index (χ4v) is 2.11. The number of para-hydroxylation sites is 1. The molecule has 1 N–H and O–H groups in total. The first-order valence-electron chi connectivity index (χ1n) is 6.45. The average Bonchev–Trinajstić information content (AvgIpc) is 2.38. The van der Waals surface area contributed by atoms with Gasteiger partial charge < -0.3 is 14.8 Å². The fraction of sp³-hybridized carbons (Fsp3) is 0.500. The van der Waals surface area contributed by atoms with Gasteiger partial charge in [0.2, 0.25) is 0 Å². The summed E-state index contributed by atoms with van der Waals surface area (Å²) in [6.45, 7) is 5.85. The molecule has 0 aliphatic heterocycles. The van der Waals surface area contributed by atoms with E-state index in [0.29, 0.717) is 18.9 Å². The normalized spacial score (nSPS) is 10.3. The molecule has 0 saturated carbocycles. The van der Waals surface area contributed by atoms with E-state index in [1.807, 2.05) is 18.2 Å². The van der Waals surface area contributed by atoms with E-state index in [0.717, 1.165) is 23.0 Å². The van der Waals surface area contributed by atoms with Gasteiger partial charge in [-0.3, -0.25) is 0 Å². The van der Waals surface area contributed by atoms with Crippen molar-refractivity contribution in [3.8, 4) is 5.75 Å². The molecule has 1 aromatic rings. The Morgan fingerprint density at radius 1 is 1.37 bits per heavy atom. The number of hydrogen-bond donors (Lipinski definition) is 1. The van der Waals surface area contributed by atoms with Crippen LogP contribution in [0.2, 0.25) is 0 Å². The van der Waals surface area contributed by atoms with Gasteiger partial charge in [-0.05, 0) is 41.9 Å². The van der Waals surface area contributed by atoms with Crippen LogP contribution < -0.4 is 10.1 Å². The number of hydrogen-bond acceptors (Lipinski definition) is 4. The van der Waals surface area contributed by atoms with E-state index in [1.165, 1.54) is 0 Å². The molecule has 0 atom stereocenters. The SMILES string of the molecule is CCCNCc1cccc(Br)c1OCC(=O)OCC. The summed E-state index contributed by atoms with van der Waals surface area (Å²) in [5.41, 5.74) is 1.02. The quantitative estimate of drug-likeness (QED) is 0.588. The molecule has 0 aliphatic carbocycles. The first kappa shape index (κ1) is 16.0. The third-order valence-electron chi connectivity index (χ3n) is 2.43. The maximum absolute atomic E-state index is 11.3. The maximum Gasteiger partial charge on any atom is 0.344 e. The summed E-state index contributed by atoms with van der Waals surface area (Å²) in [6, 6.07) is 5.82. The first-order chi connectivity index (χ1) is 9.19. The highest BCUT2D eigenvalue weighted by Gasteiger charge is 2.10. The lowest BCUT2D eigenvalue weighted by molar-refractivity contribution is -0.145. The third-order valence-corrected chi connectivity index (χ3v) is 3.05. The zero-order valence-electron chi connectivity index (χ0n) is 11.4. The molecule has 0 aromatic heterocycles. The number of halogens is 1. The van der Waals surface area contributed by atoms with E-state index in [1.54, 1.807) is 6.92 Å². The van der Waals surface area contributed by atoms with Crippen molar-refractivity contribution in [3.05, 3.63) is 28.2 Å². The van der Waals surface area contributed by atoms with Gasteiger partial charge in [0.25, 0.3) is 0 Å². The summed E-state index contributed by atoms with van der Waals surface area (Å²) in [4.78, 5) is 11.3.